The van der Waals surface area contributed by atoms with Gasteiger partial charge < -0.3 is 9.15 Å². The summed E-state index contributed by atoms with van der Waals surface area (Å²) in [6.07, 6.45) is 3.56. The van der Waals surface area contributed by atoms with E-state index < -0.39 is 0 Å². The fourth-order valence-corrected chi connectivity index (χ4v) is 0.920. The van der Waals surface area contributed by atoms with E-state index >= 15 is 0 Å². The average molecular weight is 182 g/mol. The van der Waals surface area contributed by atoms with Crippen LogP contribution >= 0.6 is 0 Å². The fraction of sp³-hybridized carbons (Fsp3) is 0.500. The summed E-state index contributed by atoms with van der Waals surface area (Å²) < 4.78 is 10.1. The van der Waals surface area contributed by atoms with Crippen molar-refractivity contribution in [1.82, 2.24) is 0 Å². The van der Waals surface area contributed by atoms with E-state index in [4.69, 9.17) is 9.15 Å². The van der Waals surface area contributed by atoms with Crippen LogP contribution in [0.15, 0.2) is 22.8 Å². The summed E-state index contributed by atoms with van der Waals surface area (Å²) in [5.74, 6) is 0.276. The Kier molecular flexibility index (Phi) is 4.26. The van der Waals surface area contributed by atoms with Gasteiger partial charge in [0.05, 0.1) is 6.26 Å². The molecule has 0 aliphatic rings. The molecule has 0 bridgehead atoms. The summed E-state index contributed by atoms with van der Waals surface area (Å²) in [6.45, 7) is 2.84. The van der Waals surface area contributed by atoms with Crippen LogP contribution in [0, 0.1) is 0 Å². The molecule has 1 heterocycles. The minimum Gasteiger partial charge on any atom is -0.461 e. The second-order valence-electron chi connectivity index (χ2n) is 2.81. The summed E-state index contributed by atoms with van der Waals surface area (Å²) in [4.78, 5) is 11.3. The van der Waals surface area contributed by atoms with E-state index in [-0.39, 0.29) is 12.4 Å². The van der Waals surface area contributed by atoms with Crippen molar-refractivity contribution in [3.8, 4) is 0 Å². The van der Waals surface area contributed by atoms with Gasteiger partial charge in [-0.2, -0.15) is 0 Å². The largest absolute Gasteiger partial charge is 0.461 e. The molecule has 0 saturated heterocycles. The van der Waals surface area contributed by atoms with Crippen molar-refractivity contribution in [2.45, 2.75) is 19.8 Å². The molecular formula is C10H14O3. The van der Waals surface area contributed by atoms with Crippen LogP contribution < -0.4 is 0 Å². The highest BCUT2D eigenvalue weighted by molar-refractivity contribution is 5.94. The van der Waals surface area contributed by atoms with E-state index in [1.54, 1.807) is 12.1 Å². The van der Waals surface area contributed by atoms with Crippen LogP contribution in [-0.2, 0) is 4.74 Å². The smallest absolute Gasteiger partial charge is 0.223 e. The maximum Gasteiger partial charge on any atom is 0.223 e. The molecule has 0 fully saturated rings. The molecule has 0 spiro atoms. The predicted octanol–water partition coefficient (Wildman–Crippen LogP) is 2.28. The maximum absolute atomic E-state index is 11.3. The van der Waals surface area contributed by atoms with Gasteiger partial charge >= 0.3 is 0 Å². The standard InChI is InChI=1S/C10H14O3/c1-2-3-6-12-8-9(11)10-5-4-7-13-10/h4-5,7H,2-3,6,8H2,1H3. The van der Waals surface area contributed by atoms with Crippen molar-refractivity contribution >= 4 is 5.78 Å². The monoisotopic (exact) mass is 182 g/mol. The van der Waals surface area contributed by atoms with Crippen molar-refractivity contribution in [2.75, 3.05) is 13.2 Å². The molecule has 0 aliphatic carbocycles. The molecule has 1 aromatic rings. The van der Waals surface area contributed by atoms with E-state index in [2.05, 4.69) is 6.92 Å². The van der Waals surface area contributed by atoms with Gasteiger partial charge in [-0.15, -0.1) is 0 Å². The van der Waals surface area contributed by atoms with Crippen LogP contribution in [0.4, 0.5) is 0 Å². The first-order chi connectivity index (χ1) is 6.34. The van der Waals surface area contributed by atoms with Crippen LogP contribution in [0.1, 0.15) is 30.3 Å². The first-order valence-electron chi connectivity index (χ1n) is 4.49. The van der Waals surface area contributed by atoms with Crippen LogP contribution in [0.2, 0.25) is 0 Å². The zero-order chi connectivity index (χ0) is 9.52. The van der Waals surface area contributed by atoms with E-state index in [1.807, 2.05) is 0 Å². The Hall–Kier alpha value is -1.09. The normalized spacial score (nSPS) is 10.2. The molecule has 0 radical (unpaired) electrons. The van der Waals surface area contributed by atoms with Crippen molar-refractivity contribution in [3.63, 3.8) is 0 Å². The maximum atomic E-state index is 11.3. The zero-order valence-electron chi connectivity index (χ0n) is 7.79. The molecule has 3 heteroatoms. The van der Waals surface area contributed by atoms with Gasteiger partial charge in [0.2, 0.25) is 5.78 Å². The molecular weight excluding hydrogens is 168 g/mol. The lowest BCUT2D eigenvalue weighted by Gasteiger charge is -1.99. The number of ether oxygens (including phenoxy) is 1. The van der Waals surface area contributed by atoms with Crippen molar-refractivity contribution in [3.05, 3.63) is 24.2 Å². The second kappa shape index (κ2) is 5.54. The Morgan fingerprint density at radius 2 is 2.46 bits per heavy atom. The lowest BCUT2D eigenvalue weighted by molar-refractivity contribution is 0.0728. The molecule has 3 nitrogen and oxygen atoms in total. The van der Waals surface area contributed by atoms with Gasteiger partial charge in [-0.05, 0) is 18.6 Å². The van der Waals surface area contributed by atoms with E-state index in [0.29, 0.717) is 12.4 Å². The molecule has 13 heavy (non-hydrogen) atoms. The number of unbranched alkanes of at least 4 members (excludes halogenated alkanes) is 1. The lowest BCUT2D eigenvalue weighted by atomic mass is 10.3. The predicted molar refractivity (Wildman–Crippen MR) is 48.8 cm³/mol. The quantitative estimate of drug-likeness (QED) is 0.500. The third kappa shape index (κ3) is 3.42. The molecule has 0 saturated carbocycles. The number of carbonyl (C=O) groups is 1. The molecule has 72 valence electrons. The number of carbonyl (C=O) groups excluding carboxylic acids is 1. The van der Waals surface area contributed by atoms with Gasteiger partial charge in [0.1, 0.15) is 6.61 Å². The summed E-state index contributed by atoms with van der Waals surface area (Å²) >= 11 is 0. The number of rotatable bonds is 6. The third-order valence-corrected chi connectivity index (χ3v) is 1.67. The van der Waals surface area contributed by atoms with E-state index in [0.717, 1.165) is 12.8 Å². The molecule has 0 aromatic carbocycles. The molecule has 1 aromatic heterocycles. The highest BCUT2D eigenvalue weighted by Crippen LogP contribution is 2.01. The van der Waals surface area contributed by atoms with Crippen molar-refractivity contribution < 1.29 is 13.9 Å². The number of hydrogen-bond donors (Lipinski definition) is 0. The van der Waals surface area contributed by atoms with E-state index in [1.165, 1.54) is 6.26 Å². The summed E-state index contributed by atoms with van der Waals surface area (Å²) in [6, 6.07) is 3.34. The van der Waals surface area contributed by atoms with Crippen molar-refractivity contribution in [2.24, 2.45) is 0 Å². The summed E-state index contributed by atoms with van der Waals surface area (Å²) in [7, 11) is 0. The molecule has 0 atom stereocenters. The average Bonchev–Trinajstić information content (AvgIpc) is 2.65. The Balaban J connectivity index is 2.19. The Morgan fingerprint density at radius 3 is 3.08 bits per heavy atom. The van der Waals surface area contributed by atoms with E-state index in [9.17, 15) is 4.79 Å². The summed E-state index contributed by atoms with van der Waals surface area (Å²) in [5, 5.41) is 0. The topological polar surface area (TPSA) is 39.4 Å². The highest BCUT2D eigenvalue weighted by atomic mass is 16.5. The van der Waals surface area contributed by atoms with Crippen molar-refractivity contribution in [1.29, 1.82) is 0 Å². The third-order valence-electron chi connectivity index (χ3n) is 1.67. The fourth-order valence-electron chi connectivity index (χ4n) is 0.920. The lowest BCUT2D eigenvalue weighted by Crippen LogP contribution is -2.08. The van der Waals surface area contributed by atoms with Gasteiger partial charge in [0.15, 0.2) is 5.76 Å². The summed E-state index contributed by atoms with van der Waals surface area (Å²) in [5.41, 5.74) is 0. The second-order valence-corrected chi connectivity index (χ2v) is 2.81. The van der Waals surface area contributed by atoms with Gasteiger partial charge in [0, 0.05) is 6.61 Å². The first-order valence-corrected chi connectivity index (χ1v) is 4.49. The molecule has 0 unspecified atom stereocenters. The molecule has 0 amide bonds. The van der Waals surface area contributed by atoms with Crippen LogP contribution in [-0.4, -0.2) is 19.0 Å². The minimum atomic E-state index is -0.0962. The minimum absolute atomic E-state index is 0.0962. The Labute approximate surface area is 77.7 Å². The number of Topliss-reactive ketones (excluding diaryl/α,β-unsaturated/α-hetero) is 1. The Morgan fingerprint density at radius 1 is 1.62 bits per heavy atom. The molecule has 0 N–H and O–H groups in total. The van der Waals surface area contributed by atoms with Gasteiger partial charge in [-0.1, -0.05) is 13.3 Å². The number of furan rings is 1. The van der Waals surface area contributed by atoms with Gasteiger partial charge in [0.25, 0.3) is 0 Å². The zero-order valence-corrected chi connectivity index (χ0v) is 7.79. The highest BCUT2D eigenvalue weighted by Gasteiger charge is 2.07. The SMILES string of the molecule is CCCCOCC(=O)c1ccco1. The first kappa shape index (κ1) is 9.99. The molecule has 0 aliphatic heterocycles. The van der Waals surface area contributed by atoms with Gasteiger partial charge in [-0.25, -0.2) is 0 Å². The number of ketones is 1. The van der Waals surface area contributed by atoms with Crippen LogP contribution in [0.5, 0.6) is 0 Å². The number of hydrogen-bond acceptors (Lipinski definition) is 3. The Bertz CT molecular complexity index is 239. The van der Waals surface area contributed by atoms with Gasteiger partial charge in [-0.3, -0.25) is 4.79 Å². The molecule has 1 rings (SSSR count). The van der Waals surface area contributed by atoms with Crippen LogP contribution in [0.3, 0.4) is 0 Å². The van der Waals surface area contributed by atoms with Crippen LogP contribution in [0.25, 0.3) is 0 Å².